The fraction of sp³-hybridized carbons (Fsp3) is 0.625. The number of carbonyl (C=O) groups excluding carboxylic acids is 1. The van der Waals surface area contributed by atoms with E-state index >= 15 is 0 Å². The van der Waals surface area contributed by atoms with Crippen molar-refractivity contribution in [2.75, 3.05) is 12.3 Å². The van der Waals surface area contributed by atoms with E-state index < -0.39 is 30.2 Å². The van der Waals surface area contributed by atoms with Gasteiger partial charge in [0.15, 0.2) is 29.6 Å². The molecule has 2 aromatic rings. The van der Waals surface area contributed by atoms with Crippen LogP contribution in [0.25, 0.3) is 11.2 Å². The standard InChI is InChI=1S/C16H21N5O5/c1-4-23-15(22)9-5-8-11(26-16(2,3)25-8)14(24-9)21-7-20-10-12(17)18-6-19-13(10)21/h6-9,11,14H,4-5H2,1-3H3,(H2,17,18,19). The van der Waals surface area contributed by atoms with E-state index in [4.69, 9.17) is 24.7 Å². The maximum atomic E-state index is 12.3. The minimum absolute atomic E-state index is 0.270. The van der Waals surface area contributed by atoms with Gasteiger partial charge in [0.2, 0.25) is 0 Å². The number of carbonyl (C=O) groups is 1. The molecule has 0 saturated carbocycles. The molecule has 2 aromatic heterocycles. The van der Waals surface area contributed by atoms with E-state index in [1.807, 2.05) is 13.8 Å². The third kappa shape index (κ3) is 2.79. The number of hydrogen-bond acceptors (Lipinski definition) is 9. The number of ether oxygens (including phenoxy) is 4. The summed E-state index contributed by atoms with van der Waals surface area (Å²) in [4.78, 5) is 24.7. The molecule has 140 valence electrons. The smallest absolute Gasteiger partial charge is 0.335 e. The summed E-state index contributed by atoms with van der Waals surface area (Å²) in [5, 5.41) is 0. The largest absolute Gasteiger partial charge is 0.464 e. The van der Waals surface area contributed by atoms with E-state index in [-0.39, 0.29) is 18.5 Å². The molecule has 0 aliphatic carbocycles. The van der Waals surface area contributed by atoms with E-state index in [0.717, 1.165) is 0 Å². The summed E-state index contributed by atoms with van der Waals surface area (Å²) < 4.78 is 24.9. The fourth-order valence-electron chi connectivity index (χ4n) is 3.47. The molecule has 2 aliphatic heterocycles. The zero-order chi connectivity index (χ0) is 18.5. The lowest BCUT2D eigenvalue weighted by Crippen LogP contribution is -2.47. The molecule has 4 heterocycles. The lowest BCUT2D eigenvalue weighted by Gasteiger charge is -2.36. The highest BCUT2D eigenvalue weighted by molar-refractivity contribution is 5.81. The number of aromatic nitrogens is 4. The molecule has 0 amide bonds. The van der Waals surface area contributed by atoms with Crippen LogP contribution in [0.3, 0.4) is 0 Å². The molecule has 0 spiro atoms. The molecule has 4 atom stereocenters. The van der Waals surface area contributed by atoms with Gasteiger partial charge in [-0.15, -0.1) is 0 Å². The van der Waals surface area contributed by atoms with Crippen molar-refractivity contribution in [1.29, 1.82) is 0 Å². The minimum Gasteiger partial charge on any atom is -0.464 e. The number of nitrogen functional groups attached to an aromatic ring is 1. The highest BCUT2D eigenvalue weighted by Gasteiger charge is 2.52. The Morgan fingerprint density at radius 2 is 2.19 bits per heavy atom. The Bertz CT molecular complexity index is 838. The van der Waals surface area contributed by atoms with Crippen LogP contribution in [0, 0.1) is 0 Å². The number of fused-ring (bicyclic) bond motifs is 2. The van der Waals surface area contributed by atoms with Crippen LogP contribution in [-0.2, 0) is 23.7 Å². The number of imidazole rings is 1. The van der Waals surface area contributed by atoms with Crippen LogP contribution in [0.15, 0.2) is 12.7 Å². The first kappa shape index (κ1) is 17.1. The summed E-state index contributed by atoms with van der Waals surface area (Å²) in [5.41, 5.74) is 6.83. The SMILES string of the molecule is CCOC(=O)C1CC2OC(C)(C)OC2C(n2cnc3c(N)ncnc32)O1. The number of anilines is 1. The quantitative estimate of drug-likeness (QED) is 0.788. The Labute approximate surface area is 149 Å². The number of hydrogen-bond donors (Lipinski definition) is 1. The Morgan fingerprint density at radius 3 is 2.96 bits per heavy atom. The lowest BCUT2D eigenvalue weighted by molar-refractivity contribution is -0.196. The van der Waals surface area contributed by atoms with Crippen LogP contribution in [0.2, 0.25) is 0 Å². The Hall–Kier alpha value is -2.30. The molecular weight excluding hydrogens is 342 g/mol. The van der Waals surface area contributed by atoms with E-state index in [0.29, 0.717) is 17.6 Å². The molecule has 2 fully saturated rings. The third-order valence-corrected chi connectivity index (χ3v) is 4.46. The number of esters is 1. The Balaban J connectivity index is 1.73. The van der Waals surface area contributed by atoms with Crippen LogP contribution in [0.5, 0.6) is 0 Å². The van der Waals surface area contributed by atoms with Crippen LogP contribution < -0.4 is 5.73 Å². The maximum absolute atomic E-state index is 12.3. The van der Waals surface area contributed by atoms with E-state index in [1.165, 1.54) is 6.33 Å². The van der Waals surface area contributed by atoms with Crippen molar-refractivity contribution in [3.63, 3.8) is 0 Å². The molecule has 2 saturated heterocycles. The molecule has 2 aliphatic rings. The van der Waals surface area contributed by atoms with Gasteiger partial charge in [0.25, 0.3) is 0 Å². The second kappa shape index (κ2) is 6.15. The molecule has 4 unspecified atom stereocenters. The lowest BCUT2D eigenvalue weighted by atomic mass is 10.0. The number of nitrogens with two attached hydrogens (primary N) is 1. The highest BCUT2D eigenvalue weighted by Crippen LogP contribution is 2.42. The first-order chi connectivity index (χ1) is 12.4. The molecule has 2 N–H and O–H groups in total. The average Bonchev–Trinajstić information content (AvgIpc) is 3.14. The Kier molecular flexibility index (Phi) is 4.05. The predicted molar refractivity (Wildman–Crippen MR) is 88.7 cm³/mol. The van der Waals surface area contributed by atoms with Crippen LogP contribution in [-0.4, -0.2) is 56.2 Å². The van der Waals surface area contributed by atoms with Gasteiger partial charge in [0.05, 0.1) is 19.0 Å². The van der Waals surface area contributed by atoms with E-state index in [1.54, 1.807) is 17.8 Å². The van der Waals surface area contributed by atoms with Crippen LogP contribution >= 0.6 is 0 Å². The fourth-order valence-corrected chi connectivity index (χ4v) is 3.47. The summed E-state index contributed by atoms with van der Waals surface area (Å²) >= 11 is 0. The first-order valence-corrected chi connectivity index (χ1v) is 8.50. The molecular formula is C16H21N5O5. The van der Waals surface area contributed by atoms with Gasteiger partial charge < -0.3 is 24.7 Å². The summed E-state index contributed by atoms with van der Waals surface area (Å²) in [6.07, 6.45) is 1.08. The maximum Gasteiger partial charge on any atom is 0.335 e. The van der Waals surface area contributed by atoms with Crippen molar-refractivity contribution in [2.24, 2.45) is 0 Å². The van der Waals surface area contributed by atoms with Crippen LogP contribution in [0.4, 0.5) is 5.82 Å². The number of rotatable bonds is 3. The van der Waals surface area contributed by atoms with Gasteiger partial charge in [-0.3, -0.25) is 4.57 Å². The molecule has 10 heteroatoms. The zero-order valence-electron chi connectivity index (χ0n) is 14.8. The molecule has 0 bridgehead atoms. The average molecular weight is 363 g/mol. The monoisotopic (exact) mass is 363 g/mol. The highest BCUT2D eigenvalue weighted by atomic mass is 16.8. The second-order valence-electron chi connectivity index (χ2n) is 6.72. The Morgan fingerprint density at radius 1 is 1.38 bits per heavy atom. The number of nitrogens with zero attached hydrogens (tertiary/aromatic N) is 4. The summed E-state index contributed by atoms with van der Waals surface area (Å²) in [5.74, 6) is -0.944. The van der Waals surface area contributed by atoms with Crippen LogP contribution in [0.1, 0.15) is 33.4 Å². The van der Waals surface area contributed by atoms with Gasteiger partial charge in [0, 0.05) is 6.42 Å². The summed E-state index contributed by atoms with van der Waals surface area (Å²) in [6.45, 7) is 5.68. The predicted octanol–water partition coefficient (Wildman–Crippen LogP) is 0.779. The van der Waals surface area contributed by atoms with Crippen molar-refractivity contribution in [3.05, 3.63) is 12.7 Å². The molecule has 4 rings (SSSR count). The summed E-state index contributed by atoms with van der Waals surface area (Å²) in [6, 6.07) is 0. The minimum atomic E-state index is -0.787. The normalized spacial score (nSPS) is 30.3. The van der Waals surface area contributed by atoms with Gasteiger partial charge >= 0.3 is 5.97 Å². The van der Waals surface area contributed by atoms with E-state index in [9.17, 15) is 4.79 Å². The van der Waals surface area contributed by atoms with Gasteiger partial charge in [-0.25, -0.2) is 19.7 Å². The van der Waals surface area contributed by atoms with Gasteiger partial charge in [-0.2, -0.15) is 0 Å². The topological polar surface area (TPSA) is 124 Å². The van der Waals surface area contributed by atoms with Crippen molar-refractivity contribution in [2.45, 2.75) is 57.5 Å². The van der Waals surface area contributed by atoms with Gasteiger partial charge in [0.1, 0.15) is 17.9 Å². The first-order valence-electron chi connectivity index (χ1n) is 8.50. The zero-order valence-corrected chi connectivity index (χ0v) is 14.8. The summed E-state index contributed by atoms with van der Waals surface area (Å²) in [7, 11) is 0. The van der Waals surface area contributed by atoms with E-state index in [2.05, 4.69) is 15.0 Å². The third-order valence-electron chi connectivity index (χ3n) is 4.46. The second-order valence-corrected chi connectivity index (χ2v) is 6.72. The molecule has 10 nitrogen and oxygen atoms in total. The van der Waals surface area contributed by atoms with Crippen molar-refractivity contribution >= 4 is 23.0 Å². The molecule has 26 heavy (non-hydrogen) atoms. The molecule has 0 aromatic carbocycles. The van der Waals surface area contributed by atoms with Crippen molar-refractivity contribution < 1.29 is 23.7 Å². The van der Waals surface area contributed by atoms with Crippen molar-refractivity contribution in [1.82, 2.24) is 19.5 Å². The van der Waals surface area contributed by atoms with Gasteiger partial charge in [-0.1, -0.05) is 0 Å². The van der Waals surface area contributed by atoms with Crippen molar-refractivity contribution in [3.8, 4) is 0 Å². The molecule has 0 radical (unpaired) electrons. The van der Waals surface area contributed by atoms with Gasteiger partial charge in [-0.05, 0) is 20.8 Å².